The van der Waals surface area contributed by atoms with Crippen LogP contribution in [-0.2, 0) is 4.79 Å². The zero-order chi connectivity index (χ0) is 15.2. The highest BCUT2D eigenvalue weighted by Crippen LogP contribution is 2.16. The monoisotopic (exact) mass is 305 g/mol. The molecule has 110 valence electrons. The molecular formula is C12H15N7OS. The van der Waals surface area contributed by atoms with Crippen molar-refractivity contribution in [2.75, 3.05) is 17.0 Å². The van der Waals surface area contributed by atoms with Gasteiger partial charge >= 0.3 is 0 Å². The Morgan fingerprint density at radius 1 is 1.38 bits per heavy atom. The molecule has 0 bridgehead atoms. The molecule has 1 aromatic carbocycles. The molecule has 0 saturated carbocycles. The number of hydrazone groups is 1. The average molecular weight is 305 g/mol. The molecule has 5 N–H and O–H groups in total. The number of carbonyl (C=O) groups excluding carboxylic acids is 1. The first kappa shape index (κ1) is 14.9. The second-order valence-corrected chi connectivity index (χ2v) is 5.05. The predicted molar refractivity (Wildman–Crippen MR) is 82.4 cm³/mol. The van der Waals surface area contributed by atoms with Crippen molar-refractivity contribution < 1.29 is 4.79 Å². The number of benzene rings is 1. The molecule has 2 rings (SSSR count). The molecule has 0 aliphatic carbocycles. The summed E-state index contributed by atoms with van der Waals surface area (Å²) in [7, 11) is 0. The molecule has 2 aromatic rings. The lowest BCUT2D eigenvalue weighted by molar-refractivity contribution is -0.115. The lowest BCUT2D eigenvalue weighted by Crippen LogP contribution is -2.16. The van der Waals surface area contributed by atoms with Gasteiger partial charge in [-0.25, -0.2) is 10.1 Å². The highest BCUT2D eigenvalue weighted by molar-refractivity contribution is 7.99. The largest absolute Gasteiger partial charge is 0.369 e. The third-order valence-electron chi connectivity index (χ3n) is 2.52. The smallest absolute Gasteiger partial charge is 0.264 e. The van der Waals surface area contributed by atoms with Crippen molar-refractivity contribution in [1.82, 2.24) is 14.9 Å². The van der Waals surface area contributed by atoms with Crippen LogP contribution in [0.2, 0.25) is 0 Å². The van der Waals surface area contributed by atoms with E-state index in [-0.39, 0.29) is 11.7 Å². The number of primary amides is 1. The minimum atomic E-state index is -0.449. The molecule has 1 amide bonds. The number of amides is 1. The number of nitrogens with two attached hydrogens (primary N) is 2. The molecule has 0 atom stereocenters. The maximum Gasteiger partial charge on any atom is 0.264 e. The Bertz CT molecular complexity index is 653. The van der Waals surface area contributed by atoms with Crippen molar-refractivity contribution in [2.45, 2.75) is 12.1 Å². The Labute approximate surface area is 125 Å². The minimum absolute atomic E-state index is 0.0850. The molecule has 1 aromatic heterocycles. The third-order valence-corrected chi connectivity index (χ3v) is 3.49. The maximum atomic E-state index is 10.7. The number of nitrogens with one attached hydrogen (secondary N) is 1. The summed E-state index contributed by atoms with van der Waals surface area (Å²) in [5.74, 6) is 5.71. The zero-order valence-corrected chi connectivity index (χ0v) is 12.2. The second-order valence-electron chi connectivity index (χ2n) is 4.11. The number of aromatic nitrogens is 3. The molecule has 0 aliphatic heterocycles. The summed E-state index contributed by atoms with van der Waals surface area (Å²) in [5.41, 5.74) is 9.57. The van der Waals surface area contributed by atoms with Gasteiger partial charge in [0.25, 0.3) is 5.95 Å². The molecule has 21 heavy (non-hydrogen) atoms. The Hall–Kier alpha value is -2.55. The van der Waals surface area contributed by atoms with Crippen molar-refractivity contribution in [2.24, 2.45) is 10.8 Å². The van der Waals surface area contributed by atoms with Crippen molar-refractivity contribution in [3.8, 4) is 0 Å². The van der Waals surface area contributed by atoms with Gasteiger partial charge < -0.3 is 11.6 Å². The zero-order valence-electron chi connectivity index (χ0n) is 11.4. The van der Waals surface area contributed by atoms with Crippen molar-refractivity contribution in [3.63, 3.8) is 0 Å². The van der Waals surface area contributed by atoms with Crippen LogP contribution in [0.1, 0.15) is 12.5 Å². The summed E-state index contributed by atoms with van der Waals surface area (Å²) < 4.78 is 1.22. The first-order chi connectivity index (χ1) is 10.1. The van der Waals surface area contributed by atoms with Crippen LogP contribution in [0.5, 0.6) is 0 Å². The van der Waals surface area contributed by atoms with E-state index in [0.29, 0.717) is 5.16 Å². The van der Waals surface area contributed by atoms with E-state index in [0.717, 1.165) is 23.0 Å². The molecule has 0 spiro atoms. The number of rotatable bonds is 6. The van der Waals surface area contributed by atoms with Crippen LogP contribution in [-0.4, -0.2) is 32.2 Å². The van der Waals surface area contributed by atoms with Crippen molar-refractivity contribution in [1.29, 1.82) is 0 Å². The summed E-state index contributed by atoms with van der Waals surface area (Å²) in [6.07, 6.45) is 0. The van der Waals surface area contributed by atoms with Gasteiger partial charge in [0.05, 0.1) is 11.5 Å². The van der Waals surface area contributed by atoms with E-state index in [9.17, 15) is 4.79 Å². The predicted octanol–water partition coefficient (Wildman–Crippen LogP) is 0.405. The Kier molecular flexibility index (Phi) is 4.77. The second kappa shape index (κ2) is 6.75. The molecule has 9 heteroatoms. The number of thioether (sulfide) groups is 1. The molecule has 8 nitrogen and oxygen atoms in total. The molecule has 0 aliphatic rings. The highest BCUT2D eigenvalue weighted by Gasteiger charge is 2.10. The van der Waals surface area contributed by atoms with E-state index >= 15 is 0 Å². The number of nitrogens with zero attached hydrogens (tertiary/aromatic N) is 4. The van der Waals surface area contributed by atoms with Crippen LogP contribution in [0.25, 0.3) is 0 Å². The molecular weight excluding hydrogens is 290 g/mol. The quantitative estimate of drug-likeness (QED) is 0.307. The van der Waals surface area contributed by atoms with E-state index in [2.05, 4.69) is 20.7 Å². The van der Waals surface area contributed by atoms with Crippen molar-refractivity contribution in [3.05, 3.63) is 35.9 Å². The third kappa shape index (κ3) is 3.96. The molecule has 0 radical (unpaired) electrons. The van der Waals surface area contributed by atoms with E-state index in [1.807, 2.05) is 37.3 Å². The van der Waals surface area contributed by atoms with E-state index in [4.69, 9.17) is 11.6 Å². The number of nitrogen functional groups attached to an aromatic ring is 1. The lowest BCUT2D eigenvalue weighted by atomic mass is 10.1. The molecule has 0 fully saturated rings. The number of carbonyl (C=O) groups is 1. The standard InChI is InChI=1S/C12H15N7OS/c1-8(9-5-3-2-4-6-9)15-16-11-17-18-12(19(11)14)21-7-10(13)20/h2-6H,7,14H2,1H3,(H2,13,20)(H,16,17)/b15-8+. The van der Waals surface area contributed by atoms with Gasteiger partial charge in [-0.3, -0.25) is 4.79 Å². The normalized spacial score (nSPS) is 11.4. The Balaban J connectivity index is 2.05. The Morgan fingerprint density at radius 2 is 2.10 bits per heavy atom. The first-order valence-electron chi connectivity index (χ1n) is 6.05. The Morgan fingerprint density at radius 3 is 2.76 bits per heavy atom. The highest BCUT2D eigenvalue weighted by atomic mass is 32.2. The van der Waals surface area contributed by atoms with E-state index in [1.54, 1.807) is 0 Å². The van der Waals surface area contributed by atoms with Crippen LogP contribution in [0.3, 0.4) is 0 Å². The minimum Gasteiger partial charge on any atom is -0.369 e. The van der Waals surface area contributed by atoms with Crippen LogP contribution in [0.4, 0.5) is 5.95 Å². The summed E-state index contributed by atoms with van der Waals surface area (Å²) in [6.45, 7) is 1.86. The van der Waals surface area contributed by atoms with E-state index < -0.39 is 5.91 Å². The SMILES string of the molecule is C/C(=N\Nc1nnc(SCC(N)=O)n1N)c1ccccc1. The van der Waals surface area contributed by atoms with Gasteiger partial charge in [0.2, 0.25) is 11.1 Å². The number of hydrogen-bond acceptors (Lipinski definition) is 7. The number of hydrogen-bond donors (Lipinski definition) is 3. The molecule has 1 heterocycles. The van der Waals surface area contributed by atoms with Gasteiger partial charge in [-0.2, -0.15) is 5.10 Å². The lowest BCUT2D eigenvalue weighted by Gasteiger charge is -2.03. The molecule has 0 unspecified atom stereocenters. The maximum absolute atomic E-state index is 10.7. The fourth-order valence-corrected chi connectivity index (χ4v) is 2.06. The number of anilines is 1. The fraction of sp³-hybridized carbons (Fsp3) is 0.167. The van der Waals surface area contributed by atoms with Gasteiger partial charge in [0.1, 0.15) is 0 Å². The van der Waals surface area contributed by atoms with Gasteiger partial charge in [-0.15, -0.1) is 10.2 Å². The van der Waals surface area contributed by atoms with Crippen LogP contribution in [0, 0.1) is 0 Å². The van der Waals surface area contributed by atoms with E-state index in [1.165, 1.54) is 4.68 Å². The summed E-state index contributed by atoms with van der Waals surface area (Å²) >= 11 is 1.11. The van der Waals surface area contributed by atoms with Gasteiger partial charge in [-0.05, 0) is 12.5 Å². The summed E-state index contributed by atoms with van der Waals surface area (Å²) in [6, 6.07) is 9.68. The van der Waals surface area contributed by atoms with Crippen LogP contribution < -0.4 is 17.0 Å². The van der Waals surface area contributed by atoms with Crippen LogP contribution in [0.15, 0.2) is 40.6 Å². The summed E-state index contributed by atoms with van der Waals surface area (Å²) in [4.78, 5) is 10.7. The topological polar surface area (TPSA) is 124 Å². The first-order valence-corrected chi connectivity index (χ1v) is 7.04. The van der Waals surface area contributed by atoms with Gasteiger partial charge in [0.15, 0.2) is 0 Å². The summed E-state index contributed by atoms with van der Waals surface area (Å²) in [5, 5.41) is 12.3. The van der Waals surface area contributed by atoms with Gasteiger partial charge in [-0.1, -0.05) is 42.1 Å². The average Bonchev–Trinajstić information content (AvgIpc) is 2.84. The molecule has 0 saturated heterocycles. The van der Waals surface area contributed by atoms with Gasteiger partial charge in [0, 0.05) is 0 Å². The fourth-order valence-electron chi connectivity index (χ4n) is 1.47. The van der Waals surface area contributed by atoms with Crippen LogP contribution >= 0.6 is 11.8 Å². The van der Waals surface area contributed by atoms with Crippen molar-refractivity contribution >= 4 is 29.3 Å².